The molecule has 3 aromatic heterocycles. The fourth-order valence-electron chi connectivity index (χ4n) is 2.68. The number of fused-ring (bicyclic) bond motifs is 1. The van der Waals surface area contributed by atoms with Gasteiger partial charge in [0.2, 0.25) is 5.28 Å². The summed E-state index contributed by atoms with van der Waals surface area (Å²) in [4.78, 5) is 22.5. The molecule has 0 saturated carbocycles. The molecule has 4 heterocycles. The van der Waals surface area contributed by atoms with Gasteiger partial charge >= 0.3 is 0 Å². The first-order chi connectivity index (χ1) is 9.83. The number of anilines is 1. The summed E-state index contributed by atoms with van der Waals surface area (Å²) in [5.74, 6) is 0.815. The highest BCUT2D eigenvalue weighted by Gasteiger charge is 2.31. The zero-order valence-electron chi connectivity index (χ0n) is 10.5. The lowest BCUT2D eigenvalue weighted by Gasteiger charge is -2.24. The van der Waals surface area contributed by atoms with Gasteiger partial charge in [-0.3, -0.25) is 0 Å². The largest absolute Gasteiger partial charge is 0.345 e. The fraction of sp³-hybridized carbons (Fsp3) is 0.333. The van der Waals surface area contributed by atoms with Crippen LogP contribution < -0.4 is 4.90 Å². The van der Waals surface area contributed by atoms with Gasteiger partial charge in [-0.05, 0) is 24.4 Å². The lowest BCUT2D eigenvalue weighted by atomic mass is 10.2. The standard InChI is InChI=1S/C12H11ClN6S/c13-12-17-9-8(15-6-16-9)10(18-12)19-4-1-2-7(19)11-14-3-5-20-11/h3,5-7H,1-2,4H2,(H,15,16,17,18). The number of halogens is 1. The Morgan fingerprint density at radius 1 is 1.35 bits per heavy atom. The number of aromatic nitrogens is 5. The maximum atomic E-state index is 6.02. The molecular formula is C12H11ClN6S. The minimum absolute atomic E-state index is 0.226. The van der Waals surface area contributed by atoms with E-state index in [1.807, 2.05) is 11.6 Å². The Balaban J connectivity index is 1.83. The van der Waals surface area contributed by atoms with Crippen molar-refractivity contribution >= 4 is 39.9 Å². The Morgan fingerprint density at radius 3 is 3.15 bits per heavy atom. The number of hydrogen-bond acceptors (Lipinski definition) is 6. The summed E-state index contributed by atoms with van der Waals surface area (Å²) in [5, 5.41) is 3.35. The van der Waals surface area contributed by atoms with Crippen molar-refractivity contribution in [1.29, 1.82) is 0 Å². The van der Waals surface area contributed by atoms with Crippen LogP contribution in [-0.2, 0) is 0 Å². The first kappa shape index (κ1) is 12.0. The van der Waals surface area contributed by atoms with Crippen LogP contribution in [0.1, 0.15) is 23.9 Å². The highest BCUT2D eigenvalue weighted by atomic mass is 35.5. The van der Waals surface area contributed by atoms with Gasteiger partial charge in [0, 0.05) is 18.1 Å². The average molecular weight is 307 g/mol. The molecule has 0 spiro atoms. The maximum Gasteiger partial charge on any atom is 0.226 e. The van der Waals surface area contributed by atoms with Gasteiger partial charge in [-0.1, -0.05) is 0 Å². The number of H-pyrrole nitrogens is 1. The number of hydrogen-bond donors (Lipinski definition) is 1. The van der Waals surface area contributed by atoms with Crippen molar-refractivity contribution in [3.05, 3.63) is 28.2 Å². The third kappa shape index (κ3) is 1.85. The van der Waals surface area contributed by atoms with Gasteiger partial charge in [-0.2, -0.15) is 9.97 Å². The van der Waals surface area contributed by atoms with Crippen molar-refractivity contribution in [2.45, 2.75) is 18.9 Å². The van der Waals surface area contributed by atoms with Crippen LogP contribution in [0.2, 0.25) is 5.28 Å². The Hall–Kier alpha value is -1.73. The molecule has 1 aliphatic rings. The maximum absolute atomic E-state index is 6.02. The van der Waals surface area contributed by atoms with E-state index in [4.69, 9.17) is 11.6 Å². The number of aromatic amines is 1. The molecule has 6 nitrogen and oxygen atoms in total. The van der Waals surface area contributed by atoms with E-state index in [1.165, 1.54) is 0 Å². The lowest BCUT2D eigenvalue weighted by molar-refractivity contribution is 0.706. The van der Waals surface area contributed by atoms with Crippen molar-refractivity contribution in [3.8, 4) is 0 Å². The van der Waals surface area contributed by atoms with Crippen molar-refractivity contribution in [1.82, 2.24) is 24.9 Å². The van der Waals surface area contributed by atoms with Gasteiger partial charge in [0.1, 0.15) is 10.5 Å². The fourth-order valence-corrected chi connectivity index (χ4v) is 3.62. The molecule has 1 aliphatic heterocycles. The van der Waals surface area contributed by atoms with Crippen LogP contribution >= 0.6 is 22.9 Å². The van der Waals surface area contributed by atoms with Gasteiger partial charge in [-0.25, -0.2) is 9.97 Å². The molecule has 0 aliphatic carbocycles. The third-order valence-electron chi connectivity index (χ3n) is 3.50. The molecule has 4 rings (SSSR count). The van der Waals surface area contributed by atoms with Crippen molar-refractivity contribution < 1.29 is 0 Å². The quantitative estimate of drug-likeness (QED) is 0.737. The summed E-state index contributed by atoms with van der Waals surface area (Å²) >= 11 is 7.69. The zero-order valence-corrected chi connectivity index (χ0v) is 12.0. The summed E-state index contributed by atoms with van der Waals surface area (Å²) in [5.41, 5.74) is 1.43. The molecule has 0 amide bonds. The Bertz CT molecular complexity index is 740. The molecule has 1 fully saturated rings. The minimum atomic E-state index is 0.226. The number of rotatable bonds is 2. The molecule has 102 valence electrons. The topological polar surface area (TPSA) is 70.6 Å². The SMILES string of the molecule is Clc1nc(N2CCCC2c2nccs2)c2[nH]cnc2n1. The summed E-state index contributed by atoms with van der Waals surface area (Å²) < 4.78 is 0. The molecule has 8 heteroatoms. The van der Waals surface area contributed by atoms with E-state index < -0.39 is 0 Å². The van der Waals surface area contributed by atoms with Crippen LogP contribution in [-0.4, -0.2) is 31.5 Å². The first-order valence-electron chi connectivity index (χ1n) is 6.35. The summed E-state index contributed by atoms with van der Waals surface area (Å²) in [6, 6.07) is 0.257. The normalized spacial score (nSPS) is 19.1. The Kier molecular flexibility index (Phi) is 2.82. The van der Waals surface area contributed by atoms with Crippen LogP contribution in [0, 0.1) is 0 Å². The minimum Gasteiger partial charge on any atom is -0.345 e. The number of nitrogens with one attached hydrogen (secondary N) is 1. The van der Waals surface area contributed by atoms with Gasteiger partial charge in [0.25, 0.3) is 0 Å². The van der Waals surface area contributed by atoms with E-state index in [9.17, 15) is 0 Å². The average Bonchev–Trinajstić information content (AvgIpc) is 3.17. The van der Waals surface area contributed by atoms with Gasteiger partial charge in [0.05, 0.1) is 12.4 Å². The summed E-state index contributed by atoms with van der Waals surface area (Å²) in [6.07, 6.45) is 5.65. The second-order valence-electron chi connectivity index (χ2n) is 4.64. The highest BCUT2D eigenvalue weighted by Crippen LogP contribution is 2.38. The van der Waals surface area contributed by atoms with Crippen molar-refractivity contribution in [2.24, 2.45) is 0 Å². The molecule has 1 N–H and O–H groups in total. The molecule has 3 aromatic rings. The first-order valence-corrected chi connectivity index (χ1v) is 7.61. The molecule has 1 saturated heterocycles. The predicted molar refractivity (Wildman–Crippen MR) is 78.1 cm³/mol. The molecule has 0 radical (unpaired) electrons. The van der Waals surface area contributed by atoms with E-state index in [0.29, 0.717) is 5.65 Å². The molecule has 20 heavy (non-hydrogen) atoms. The lowest BCUT2D eigenvalue weighted by Crippen LogP contribution is -2.24. The van der Waals surface area contributed by atoms with E-state index in [0.717, 1.165) is 35.7 Å². The second-order valence-corrected chi connectivity index (χ2v) is 5.90. The number of imidazole rings is 1. The molecule has 0 bridgehead atoms. The summed E-state index contributed by atoms with van der Waals surface area (Å²) in [6.45, 7) is 0.936. The van der Waals surface area contributed by atoms with E-state index >= 15 is 0 Å². The zero-order chi connectivity index (χ0) is 13.5. The van der Waals surface area contributed by atoms with Crippen molar-refractivity contribution in [3.63, 3.8) is 0 Å². The van der Waals surface area contributed by atoms with E-state index in [1.54, 1.807) is 17.7 Å². The van der Waals surface area contributed by atoms with Crippen LogP contribution in [0.5, 0.6) is 0 Å². The number of thiazole rings is 1. The van der Waals surface area contributed by atoms with Gasteiger partial charge < -0.3 is 9.88 Å². The molecule has 0 aromatic carbocycles. The van der Waals surface area contributed by atoms with Crippen molar-refractivity contribution in [2.75, 3.05) is 11.4 Å². The van der Waals surface area contributed by atoms with E-state index in [2.05, 4.69) is 29.8 Å². The Labute approximate surface area is 123 Å². The molecular weight excluding hydrogens is 296 g/mol. The van der Waals surface area contributed by atoms with Crippen LogP contribution in [0.3, 0.4) is 0 Å². The monoisotopic (exact) mass is 306 g/mol. The summed E-state index contributed by atoms with van der Waals surface area (Å²) in [7, 11) is 0. The van der Waals surface area contributed by atoms with E-state index in [-0.39, 0.29) is 11.3 Å². The second kappa shape index (κ2) is 4.68. The van der Waals surface area contributed by atoms with Gasteiger partial charge in [-0.15, -0.1) is 11.3 Å². The molecule has 1 atom stereocenters. The third-order valence-corrected chi connectivity index (χ3v) is 4.55. The predicted octanol–water partition coefficient (Wildman–Crippen LogP) is 2.80. The van der Waals surface area contributed by atoms with Crippen LogP contribution in [0.4, 0.5) is 5.82 Å². The Morgan fingerprint density at radius 2 is 2.30 bits per heavy atom. The van der Waals surface area contributed by atoms with Crippen LogP contribution in [0.15, 0.2) is 17.9 Å². The van der Waals surface area contributed by atoms with Gasteiger partial charge in [0.15, 0.2) is 11.5 Å². The smallest absolute Gasteiger partial charge is 0.226 e. The number of nitrogens with zero attached hydrogens (tertiary/aromatic N) is 5. The highest BCUT2D eigenvalue weighted by molar-refractivity contribution is 7.09. The van der Waals surface area contributed by atoms with Crippen LogP contribution in [0.25, 0.3) is 11.2 Å². The molecule has 1 unspecified atom stereocenters.